The highest BCUT2D eigenvalue weighted by molar-refractivity contribution is 5.48. The van der Waals surface area contributed by atoms with Crippen LogP contribution in [0.1, 0.15) is 39.7 Å². The van der Waals surface area contributed by atoms with E-state index >= 15 is 0 Å². The average Bonchev–Trinajstić information content (AvgIpc) is 2.37. The predicted octanol–water partition coefficient (Wildman–Crippen LogP) is 2.64. The largest absolute Gasteiger partial charge is 0.378 e. The van der Waals surface area contributed by atoms with E-state index in [9.17, 15) is 5.11 Å². The number of nitriles is 1. The zero-order valence-electron chi connectivity index (χ0n) is 12.8. The van der Waals surface area contributed by atoms with Crippen LogP contribution in [0.25, 0.3) is 0 Å². The summed E-state index contributed by atoms with van der Waals surface area (Å²) in [7, 11) is 0. The maximum Gasteiger partial charge on any atom is 0.119 e. The van der Waals surface area contributed by atoms with Crippen molar-refractivity contribution < 1.29 is 5.11 Å². The molecule has 0 aromatic heterocycles. The molecule has 0 amide bonds. The van der Waals surface area contributed by atoms with Crippen molar-refractivity contribution in [3.05, 3.63) is 29.8 Å². The van der Waals surface area contributed by atoms with Gasteiger partial charge in [0.05, 0.1) is 6.07 Å². The van der Waals surface area contributed by atoms with Gasteiger partial charge in [-0.05, 0) is 44.4 Å². The van der Waals surface area contributed by atoms with Crippen molar-refractivity contribution >= 4 is 5.69 Å². The van der Waals surface area contributed by atoms with Crippen molar-refractivity contribution in [1.29, 1.82) is 5.26 Å². The summed E-state index contributed by atoms with van der Waals surface area (Å²) in [4.78, 5) is 0. The number of nitrogens with two attached hydrogens (primary N) is 1. The van der Waals surface area contributed by atoms with Gasteiger partial charge in [-0.1, -0.05) is 26.0 Å². The minimum Gasteiger partial charge on any atom is -0.378 e. The number of anilines is 1. The molecule has 0 spiro atoms. The molecule has 4 nitrogen and oxygen atoms in total. The van der Waals surface area contributed by atoms with Crippen molar-refractivity contribution in [3.8, 4) is 6.07 Å². The lowest BCUT2D eigenvalue weighted by Gasteiger charge is -2.27. The van der Waals surface area contributed by atoms with Crippen molar-refractivity contribution in [2.75, 3.05) is 5.32 Å². The van der Waals surface area contributed by atoms with Gasteiger partial charge in [-0.3, -0.25) is 0 Å². The maximum absolute atomic E-state index is 9.49. The standard InChI is InChI=1S/C16H25N3O/c1-15(2,14(18)20)10-9-12-5-7-13(8-6-12)19-16(3,4)11-17/h5-8,14,19-20H,9-10,18H2,1-4H3. The average molecular weight is 275 g/mol. The number of aliphatic hydroxyl groups excluding tert-OH is 1. The zero-order chi connectivity index (χ0) is 15.4. The fourth-order valence-electron chi connectivity index (χ4n) is 1.76. The van der Waals surface area contributed by atoms with E-state index < -0.39 is 11.8 Å². The van der Waals surface area contributed by atoms with Gasteiger partial charge >= 0.3 is 0 Å². The van der Waals surface area contributed by atoms with Crippen molar-refractivity contribution in [2.24, 2.45) is 11.1 Å². The normalized spacial score (nSPS) is 13.7. The number of nitrogens with zero attached hydrogens (tertiary/aromatic N) is 1. The first kappa shape index (κ1) is 16.5. The molecule has 0 heterocycles. The van der Waals surface area contributed by atoms with Crippen LogP contribution in [0.5, 0.6) is 0 Å². The Kier molecular flexibility index (Phi) is 5.15. The molecule has 1 rings (SSSR count). The Balaban J connectivity index is 2.62. The molecule has 0 radical (unpaired) electrons. The van der Waals surface area contributed by atoms with Crippen LogP contribution in [0.2, 0.25) is 0 Å². The molecule has 110 valence electrons. The quantitative estimate of drug-likeness (QED) is 0.697. The van der Waals surface area contributed by atoms with Gasteiger partial charge in [0, 0.05) is 11.1 Å². The van der Waals surface area contributed by atoms with Crippen LogP contribution < -0.4 is 11.1 Å². The Bertz CT molecular complexity index is 469. The second-order valence-corrected chi connectivity index (χ2v) is 6.49. The molecule has 1 aromatic carbocycles. The van der Waals surface area contributed by atoms with E-state index in [-0.39, 0.29) is 5.41 Å². The zero-order valence-corrected chi connectivity index (χ0v) is 12.8. The second-order valence-electron chi connectivity index (χ2n) is 6.49. The topological polar surface area (TPSA) is 82.1 Å². The molecule has 20 heavy (non-hydrogen) atoms. The Labute approximate surface area is 121 Å². The minimum atomic E-state index is -0.806. The minimum absolute atomic E-state index is 0.292. The predicted molar refractivity (Wildman–Crippen MR) is 82.1 cm³/mol. The molecular weight excluding hydrogens is 250 g/mol. The van der Waals surface area contributed by atoms with E-state index in [0.29, 0.717) is 0 Å². The van der Waals surface area contributed by atoms with E-state index in [0.717, 1.165) is 18.5 Å². The van der Waals surface area contributed by atoms with Gasteiger partial charge < -0.3 is 16.2 Å². The number of aliphatic hydroxyl groups is 1. The number of rotatable bonds is 6. The number of hydrogen-bond acceptors (Lipinski definition) is 4. The first-order chi connectivity index (χ1) is 9.16. The smallest absolute Gasteiger partial charge is 0.119 e. The first-order valence-corrected chi connectivity index (χ1v) is 6.88. The highest BCUT2D eigenvalue weighted by Crippen LogP contribution is 2.25. The molecule has 4 N–H and O–H groups in total. The lowest BCUT2D eigenvalue weighted by atomic mass is 9.85. The van der Waals surface area contributed by atoms with Crippen LogP contribution in [0.15, 0.2) is 24.3 Å². The highest BCUT2D eigenvalue weighted by Gasteiger charge is 2.24. The van der Waals surface area contributed by atoms with Gasteiger partial charge in [0.25, 0.3) is 0 Å². The van der Waals surface area contributed by atoms with Gasteiger partial charge in [0.15, 0.2) is 0 Å². The number of aryl methyl sites for hydroxylation is 1. The molecule has 0 aliphatic heterocycles. The fourth-order valence-corrected chi connectivity index (χ4v) is 1.76. The third-order valence-electron chi connectivity index (χ3n) is 3.55. The van der Waals surface area contributed by atoms with E-state index in [4.69, 9.17) is 11.0 Å². The number of benzene rings is 1. The van der Waals surface area contributed by atoms with Crippen LogP contribution in [0.3, 0.4) is 0 Å². The van der Waals surface area contributed by atoms with Gasteiger partial charge in [-0.25, -0.2) is 0 Å². The summed E-state index contributed by atoms with van der Waals surface area (Å²) >= 11 is 0. The lowest BCUT2D eigenvalue weighted by molar-refractivity contribution is 0.0498. The summed E-state index contributed by atoms with van der Waals surface area (Å²) in [6.45, 7) is 7.60. The molecule has 1 atom stereocenters. The van der Waals surface area contributed by atoms with Crippen molar-refractivity contribution in [1.82, 2.24) is 0 Å². The summed E-state index contributed by atoms with van der Waals surface area (Å²) in [5, 5.41) is 21.6. The molecule has 0 bridgehead atoms. The monoisotopic (exact) mass is 275 g/mol. The van der Waals surface area contributed by atoms with Crippen LogP contribution in [-0.2, 0) is 6.42 Å². The summed E-state index contributed by atoms with van der Waals surface area (Å²) < 4.78 is 0. The fraction of sp³-hybridized carbons (Fsp3) is 0.562. The van der Waals surface area contributed by atoms with Gasteiger partial charge in [-0.2, -0.15) is 5.26 Å². The van der Waals surface area contributed by atoms with Gasteiger partial charge in [0.2, 0.25) is 0 Å². The molecule has 0 saturated heterocycles. The summed E-state index contributed by atoms with van der Waals surface area (Å²) in [6.07, 6.45) is 0.879. The molecule has 0 fully saturated rings. The molecular formula is C16H25N3O. The Hall–Kier alpha value is -1.57. The van der Waals surface area contributed by atoms with E-state index in [2.05, 4.69) is 11.4 Å². The summed E-state index contributed by atoms with van der Waals surface area (Å²) in [6, 6.07) is 10.2. The molecule has 4 heteroatoms. The van der Waals surface area contributed by atoms with Crippen LogP contribution in [0.4, 0.5) is 5.69 Å². The molecule has 0 aliphatic carbocycles. The maximum atomic E-state index is 9.49. The number of nitrogens with one attached hydrogen (secondary N) is 1. The van der Waals surface area contributed by atoms with Crippen molar-refractivity contribution in [3.63, 3.8) is 0 Å². The number of hydrogen-bond donors (Lipinski definition) is 3. The highest BCUT2D eigenvalue weighted by atomic mass is 16.3. The van der Waals surface area contributed by atoms with Crippen LogP contribution >= 0.6 is 0 Å². The van der Waals surface area contributed by atoms with E-state index in [1.807, 2.05) is 52.0 Å². The van der Waals surface area contributed by atoms with Crippen LogP contribution in [-0.4, -0.2) is 16.9 Å². The first-order valence-electron chi connectivity index (χ1n) is 6.88. The van der Waals surface area contributed by atoms with E-state index in [1.54, 1.807) is 0 Å². The SMILES string of the molecule is CC(C)(C#N)Nc1ccc(CCC(C)(C)C(N)O)cc1. The molecule has 0 saturated carbocycles. The second kappa shape index (κ2) is 6.25. The van der Waals surface area contributed by atoms with E-state index in [1.165, 1.54) is 5.56 Å². The summed E-state index contributed by atoms with van der Waals surface area (Å²) in [5.74, 6) is 0. The Morgan fingerprint density at radius 1 is 1.25 bits per heavy atom. The third kappa shape index (κ3) is 4.84. The summed E-state index contributed by atoms with van der Waals surface area (Å²) in [5.41, 5.74) is 6.81. The molecule has 0 aliphatic rings. The van der Waals surface area contributed by atoms with Crippen molar-refractivity contribution in [2.45, 2.75) is 52.3 Å². The lowest BCUT2D eigenvalue weighted by Crippen LogP contribution is -2.37. The van der Waals surface area contributed by atoms with Gasteiger partial charge in [-0.15, -0.1) is 0 Å². The molecule has 1 unspecified atom stereocenters. The van der Waals surface area contributed by atoms with Gasteiger partial charge in [0.1, 0.15) is 11.8 Å². The Morgan fingerprint density at radius 2 is 1.80 bits per heavy atom. The molecule has 1 aromatic rings. The Morgan fingerprint density at radius 3 is 2.25 bits per heavy atom. The third-order valence-corrected chi connectivity index (χ3v) is 3.55. The van der Waals surface area contributed by atoms with Crippen LogP contribution in [0, 0.1) is 16.7 Å².